The van der Waals surface area contributed by atoms with Crippen LogP contribution < -0.4 is 5.32 Å². The Balaban J connectivity index is 1.53. The highest BCUT2D eigenvalue weighted by atomic mass is 15.2. The maximum Gasteiger partial charge on any atom is 0.0598 e. The first-order valence-electron chi connectivity index (χ1n) is 7.50. The number of hydrogen-bond donors (Lipinski definition) is 1. The van der Waals surface area contributed by atoms with Gasteiger partial charge < -0.3 is 10.2 Å². The fraction of sp³-hybridized carbons (Fsp3) is 0.867. The summed E-state index contributed by atoms with van der Waals surface area (Å²) in [5.74, 6) is 2.74. The summed E-state index contributed by atoms with van der Waals surface area (Å²) in [7, 11) is 0. The summed E-state index contributed by atoms with van der Waals surface area (Å²) >= 11 is 0. The van der Waals surface area contributed by atoms with Crippen LogP contribution in [-0.2, 0) is 0 Å². The lowest BCUT2D eigenvalue weighted by Crippen LogP contribution is -2.45. The highest BCUT2D eigenvalue weighted by Gasteiger charge is 2.18. The van der Waals surface area contributed by atoms with E-state index in [0.717, 1.165) is 26.2 Å². The van der Waals surface area contributed by atoms with Gasteiger partial charge in [0.05, 0.1) is 6.54 Å². The summed E-state index contributed by atoms with van der Waals surface area (Å²) in [5, 5.41) is 3.71. The van der Waals surface area contributed by atoms with Gasteiger partial charge in [-0.15, -0.1) is 6.42 Å². The first kappa shape index (κ1) is 13.9. The smallest absolute Gasteiger partial charge is 0.0598 e. The molecule has 3 nitrogen and oxygen atoms in total. The van der Waals surface area contributed by atoms with Crippen LogP contribution in [0.1, 0.15) is 32.1 Å². The second-order valence-electron chi connectivity index (χ2n) is 5.61. The van der Waals surface area contributed by atoms with Crippen molar-refractivity contribution in [1.82, 2.24) is 15.1 Å². The molecule has 2 heterocycles. The minimum absolute atomic E-state index is 0.712. The van der Waals surface area contributed by atoms with Crippen molar-refractivity contribution in [3.05, 3.63) is 0 Å². The molecule has 0 aliphatic carbocycles. The largest absolute Gasteiger partial charge is 0.313 e. The first-order chi connectivity index (χ1) is 8.88. The van der Waals surface area contributed by atoms with E-state index in [0.29, 0.717) is 6.04 Å². The van der Waals surface area contributed by atoms with E-state index in [1.165, 1.54) is 51.7 Å². The average molecular weight is 249 g/mol. The van der Waals surface area contributed by atoms with Crippen LogP contribution in [-0.4, -0.2) is 61.7 Å². The summed E-state index contributed by atoms with van der Waals surface area (Å²) in [5.41, 5.74) is 0. The Morgan fingerprint density at radius 3 is 2.39 bits per heavy atom. The minimum Gasteiger partial charge on any atom is -0.313 e. The van der Waals surface area contributed by atoms with Gasteiger partial charge in [-0.25, -0.2) is 0 Å². The van der Waals surface area contributed by atoms with Gasteiger partial charge in [0.15, 0.2) is 0 Å². The summed E-state index contributed by atoms with van der Waals surface area (Å²) in [6.07, 6.45) is 12.1. The quantitative estimate of drug-likeness (QED) is 0.738. The maximum absolute atomic E-state index is 5.34. The molecule has 0 saturated carbocycles. The van der Waals surface area contributed by atoms with Gasteiger partial charge in [0, 0.05) is 32.2 Å². The molecule has 0 aromatic rings. The molecule has 102 valence electrons. The lowest BCUT2D eigenvalue weighted by molar-refractivity contribution is 0.200. The SMILES string of the molecule is C#CCN1CCC(NCCN2CCCCC2)CC1. The molecule has 2 aliphatic rings. The number of piperidine rings is 2. The van der Waals surface area contributed by atoms with Gasteiger partial charge in [0.1, 0.15) is 0 Å². The van der Waals surface area contributed by atoms with Gasteiger partial charge in [-0.1, -0.05) is 12.3 Å². The van der Waals surface area contributed by atoms with Gasteiger partial charge in [-0.3, -0.25) is 4.90 Å². The van der Waals surface area contributed by atoms with Gasteiger partial charge in [-0.05, 0) is 38.8 Å². The van der Waals surface area contributed by atoms with Crippen molar-refractivity contribution in [3.63, 3.8) is 0 Å². The van der Waals surface area contributed by atoms with Crippen molar-refractivity contribution >= 4 is 0 Å². The van der Waals surface area contributed by atoms with E-state index >= 15 is 0 Å². The molecule has 1 N–H and O–H groups in total. The van der Waals surface area contributed by atoms with E-state index in [4.69, 9.17) is 6.42 Å². The standard InChI is InChI=1S/C15H27N3/c1-2-9-17-12-6-15(7-13-17)16-8-14-18-10-4-3-5-11-18/h1,15-16H,3-14H2. The fourth-order valence-corrected chi connectivity index (χ4v) is 3.03. The van der Waals surface area contributed by atoms with E-state index in [9.17, 15) is 0 Å². The summed E-state index contributed by atoms with van der Waals surface area (Å²) in [6, 6.07) is 0.712. The van der Waals surface area contributed by atoms with Gasteiger partial charge in [-0.2, -0.15) is 0 Å². The first-order valence-corrected chi connectivity index (χ1v) is 7.50. The van der Waals surface area contributed by atoms with Crippen LogP contribution >= 0.6 is 0 Å². The zero-order chi connectivity index (χ0) is 12.6. The second-order valence-corrected chi connectivity index (χ2v) is 5.61. The molecule has 0 spiro atoms. The Morgan fingerprint density at radius 1 is 1.00 bits per heavy atom. The van der Waals surface area contributed by atoms with Crippen LogP contribution in [0.4, 0.5) is 0 Å². The number of hydrogen-bond acceptors (Lipinski definition) is 3. The molecule has 0 aromatic heterocycles. The lowest BCUT2D eigenvalue weighted by Gasteiger charge is -2.32. The van der Waals surface area contributed by atoms with E-state index in [1.807, 2.05) is 0 Å². The molecule has 2 saturated heterocycles. The van der Waals surface area contributed by atoms with Crippen LogP contribution in [0.15, 0.2) is 0 Å². The molecular weight excluding hydrogens is 222 g/mol. The van der Waals surface area contributed by atoms with Crippen LogP contribution in [0.5, 0.6) is 0 Å². The predicted molar refractivity (Wildman–Crippen MR) is 76.6 cm³/mol. The Labute approximate surface area is 112 Å². The topological polar surface area (TPSA) is 18.5 Å². The summed E-state index contributed by atoms with van der Waals surface area (Å²) in [6.45, 7) is 8.13. The second kappa shape index (κ2) is 7.78. The third kappa shape index (κ3) is 4.61. The Morgan fingerprint density at radius 2 is 1.72 bits per heavy atom. The molecule has 0 unspecified atom stereocenters. The average Bonchev–Trinajstić information content (AvgIpc) is 2.42. The zero-order valence-electron chi connectivity index (χ0n) is 11.5. The highest BCUT2D eigenvalue weighted by Crippen LogP contribution is 2.10. The zero-order valence-corrected chi connectivity index (χ0v) is 11.5. The summed E-state index contributed by atoms with van der Waals surface area (Å²) in [4.78, 5) is 4.98. The van der Waals surface area contributed by atoms with Crippen molar-refractivity contribution in [2.24, 2.45) is 0 Å². The maximum atomic E-state index is 5.34. The van der Waals surface area contributed by atoms with Crippen molar-refractivity contribution in [1.29, 1.82) is 0 Å². The normalized spacial score (nSPS) is 23.9. The highest BCUT2D eigenvalue weighted by molar-refractivity contribution is 4.90. The minimum atomic E-state index is 0.712. The molecule has 18 heavy (non-hydrogen) atoms. The fourth-order valence-electron chi connectivity index (χ4n) is 3.03. The number of nitrogens with one attached hydrogen (secondary N) is 1. The molecule has 2 aliphatic heterocycles. The van der Waals surface area contributed by atoms with Crippen LogP contribution in [0, 0.1) is 12.3 Å². The molecule has 2 fully saturated rings. The molecule has 0 bridgehead atoms. The van der Waals surface area contributed by atoms with Crippen LogP contribution in [0.25, 0.3) is 0 Å². The van der Waals surface area contributed by atoms with Crippen LogP contribution in [0.3, 0.4) is 0 Å². The van der Waals surface area contributed by atoms with E-state index in [2.05, 4.69) is 21.0 Å². The van der Waals surface area contributed by atoms with Gasteiger partial charge in [0.2, 0.25) is 0 Å². The molecule has 0 atom stereocenters. The molecule has 0 radical (unpaired) electrons. The van der Waals surface area contributed by atoms with Crippen molar-refractivity contribution in [2.45, 2.75) is 38.1 Å². The molecule has 2 rings (SSSR count). The molecular formula is C15H27N3. The summed E-state index contributed by atoms with van der Waals surface area (Å²) < 4.78 is 0. The third-order valence-electron chi connectivity index (χ3n) is 4.21. The Kier molecular flexibility index (Phi) is 5.99. The Hall–Kier alpha value is -0.560. The number of rotatable bonds is 5. The number of terminal acetylenes is 1. The molecule has 0 aromatic carbocycles. The van der Waals surface area contributed by atoms with Crippen molar-refractivity contribution in [2.75, 3.05) is 45.8 Å². The van der Waals surface area contributed by atoms with Crippen molar-refractivity contribution < 1.29 is 0 Å². The number of likely N-dealkylation sites (tertiary alicyclic amines) is 2. The van der Waals surface area contributed by atoms with Gasteiger partial charge in [0.25, 0.3) is 0 Å². The lowest BCUT2D eigenvalue weighted by atomic mass is 10.1. The van der Waals surface area contributed by atoms with Gasteiger partial charge >= 0.3 is 0 Å². The molecule has 3 heteroatoms. The molecule has 0 amide bonds. The van der Waals surface area contributed by atoms with E-state index in [-0.39, 0.29) is 0 Å². The third-order valence-corrected chi connectivity index (χ3v) is 4.21. The van der Waals surface area contributed by atoms with E-state index in [1.54, 1.807) is 0 Å². The Bertz CT molecular complexity index is 257. The number of nitrogens with zero attached hydrogens (tertiary/aromatic N) is 2. The van der Waals surface area contributed by atoms with Crippen LogP contribution in [0.2, 0.25) is 0 Å². The van der Waals surface area contributed by atoms with Crippen molar-refractivity contribution in [3.8, 4) is 12.3 Å². The monoisotopic (exact) mass is 249 g/mol. The van der Waals surface area contributed by atoms with E-state index < -0.39 is 0 Å². The predicted octanol–water partition coefficient (Wildman–Crippen LogP) is 1.16.